The molecule has 0 bridgehead atoms. The van der Waals surface area contributed by atoms with Crippen molar-refractivity contribution >= 4 is 22.9 Å². The smallest absolute Gasteiger partial charge is 0.251 e. The minimum atomic E-state index is 0.549. The molecule has 1 atom stereocenters. The molecule has 0 unspecified atom stereocenters. The summed E-state index contributed by atoms with van der Waals surface area (Å²) in [6, 6.07) is 11.2. The van der Waals surface area contributed by atoms with Crippen LogP contribution in [-0.2, 0) is 13.0 Å². The number of aryl methyl sites for hydroxylation is 1. The van der Waals surface area contributed by atoms with E-state index in [1.54, 1.807) is 6.20 Å². The van der Waals surface area contributed by atoms with Crippen LogP contribution in [0.15, 0.2) is 41.5 Å². The van der Waals surface area contributed by atoms with Gasteiger partial charge in [-0.2, -0.15) is 4.99 Å². The van der Waals surface area contributed by atoms with E-state index >= 15 is 0 Å². The number of fused-ring (bicyclic) bond motifs is 2. The lowest BCUT2D eigenvalue weighted by atomic mass is 9.95. The Morgan fingerprint density at radius 1 is 1.24 bits per heavy atom. The molecule has 4 rings (SSSR count). The number of benzene rings is 1. The van der Waals surface area contributed by atoms with Gasteiger partial charge in [0.1, 0.15) is 0 Å². The highest BCUT2D eigenvalue weighted by Crippen LogP contribution is 2.34. The molecule has 2 aromatic rings. The second-order valence-electron chi connectivity index (χ2n) is 5.46. The van der Waals surface area contributed by atoms with Crippen LogP contribution in [0.25, 0.3) is 0 Å². The molecule has 3 heterocycles. The van der Waals surface area contributed by atoms with Gasteiger partial charge in [0.25, 0.3) is 5.95 Å². The van der Waals surface area contributed by atoms with E-state index < -0.39 is 0 Å². The summed E-state index contributed by atoms with van der Waals surface area (Å²) in [6.45, 7) is 2.91. The highest BCUT2D eigenvalue weighted by molar-refractivity contribution is 8.14. The summed E-state index contributed by atoms with van der Waals surface area (Å²) in [5.41, 5.74) is 3.84. The minimum absolute atomic E-state index is 0.549. The Morgan fingerprint density at radius 3 is 2.95 bits per heavy atom. The van der Waals surface area contributed by atoms with Gasteiger partial charge in [-0.05, 0) is 30.5 Å². The first kappa shape index (κ1) is 12.8. The first-order valence-corrected chi connectivity index (χ1v) is 8.13. The Labute approximate surface area is 128 Å². The van der Waals surface area contributed by atoms with Crippen LogP contribution in [-0.4, -0.2) is 31.8 Å². The third kappa shape index (κ3) is 2.42. The van der Waals surface area contributed by atoms with Crippen molar-refractivity contribution in [3.63, 3.8) is 0 Å². The molecular formula is C16H16N4S. The lowest BCUT2D eigenvalue weighted by Gasteiger charge is -2.32. The molecule has 2 aliphatic heterocycles. The molecular weight excluding hydrogens is 280 g/mol. The molecule has 106 valence electrons. The normalized spacial score (nSPS) is 22.2. The number of rotatable bonds is 1. The predicted octanol–water partition coefficient (Wildman–Crippen LogP) is 2.95. The van der Waals surface area contributed by atoms with Gasteiger partial charge in [-0.15, -0.1) is 0 Å². The van der Waals surface area contributed by atoms with Crippen molar-refractivity contribution in [1.82, 2.24) is 14.9 Å². The molecule has 0 amide bonds. The van der Waals surface area contributed by atoms with Crippen molar-refractivity contribution in [1.29, 1.82) is 0 Å². The van der Waals surface area contributed by atoms with Gasteiger partial charge in [-0.3, -0.25) is 0 Å². The molecule has 2 aliphatic rings. The van der Waals surface area contributed by atoms with Crippen molar-refractivity contribution in [2.24, 2.45) is 4.99 Å². The largest absolute Gasteiger partial charge is 0.343 e. The number of thioether (sulfide) groups is 1. The molecule has 4 nitrogen and oxygen atoms in total. The summed E-state index contributed by atoms with van der Waals surface area (Å²) >= 11 is 1.81. The van der Waals surface area contributed by atoms with Crippen LogP contribution in [0, 0.1) is 6.92 Å². The first-order valence-electron chi connectivity index (χ1n) is 7.14. The third-order valence-electron chi connectivity index (χ3n) is 3.98. The van der Waals surface area contributed by atoms with Crippen LogP contribution >= 0.6 is 11.8 Å². The zero-order chi connectivity index (χ0) is 14.2. The summed E-state index contributed by atoms with van der Waals surface area (Å²) in [7, 11) is 0. The van der Waals surface area contributed by atoms with Crippen LogP contribution in [0.5, 0.6) is 0 Å². The first-order chi connectivity index (χ1) is 10.3. The van der Waals surface area contributed by atoms with Gasteiger partial charge in [-0.1, -0.05) is 36.0 Å². The van der Waals surface area contributed by atoms with Crippen LogP contribution in [0.3, 0.4) is 0 Å². The average Bonchev–Trinajstić information content (AvgIpc) is 2.87. The molecule has 1 aromatic heterocycles. The quantitative estimate of drug-likeness (QED) is 0.811. The summed E-state index contributed by atoms with van der Waals surface area (Å²) in [4.78, 5) is 15.7. The van der Waals surface area contributed by atoms with E-state index in [1.165, 1.54) is 11.1 Å². The molecule has 0 radical (unpaired) electrons. The van der Waals surface area contributed by atoms with E-state index in [1.807, 2.05) is 24.8 Å². The van der Waals surface area contributed by atoms with Gasteiger partial charge >= 0.3 is 0 Å². The van der Waals surface area contributed by atoms with E-state index in [0.29, 0.717) is 12.0 Å². The lowest BCUT2D eigenvalue weighted by Crippen LogP contribution is -2.38. The number of amidine groups is 1. The maximum absolute atomic E-state index is 4.66. The molecule has 1 aromatic carbocycles. The molecule has 0 N–H and O–H groups in total. The van der Waals surface area contributed by atoms with Gasteiger partial charge in [0, 0.05) is 30.2 Å². The summed E-state index contributed by atoms with van der Waals surface area (Å²) in [6.07, 6.45) is 2.88. The number of hydrogen-bond acceptors (Lipinski definition) is 4. The topological polar surface area (TPSA) is 41.4 Å². The van der Waals surface area contributed by atoms with Crippen molar-refractivity contribution in [2.45, 2.75) is 25.9 Å². The predicted molar refractivity (Wildman–Crippen MR) is 85.8 cm³/mol. The van der Waals surface area contributed by atoms with Crippen LogP contribution in [0.1, 0.15) is 16.8 Å². The number of nitrogens with zero attached hydrogens (tertiary/aromatic N) is 4. The van der Waals surface area contributed by atoms with E-state index in [4.69, 9.17) is 0 Å². The Morgan fingerprint density at radius 2 is 2.10 bits per heavy atom. The minimum Gasteiger partial charge on any atom is -0.343 e. The summed E-state index contributed by atoms with van der Waals surface area (Å²) in [5.74, 6) is 1.66. The van der Waals surface area contributed by atoms with Gasteiger partial charge in [0.05, 0.1) is 0 Å². The van der Waals surface area contributed by atoms with Crippen molar-refractivity contribution in [3.8, 4) is 0 Å². The highest BCUT2D eigenvalue weighted by Gasteiger charge is 2.34. The molecule has 0 aliphatic carbocycles. The fourth-order valence-electron chi connectivity index (χ4n) is 2.89. The SMILES string of the molecule is Cc1ccnc(N=C2SC[C@@H]3Cc4ccccc4CN23)n1. The molecule has 5 heteroatoms. The maximum atomic E-state index is 4.66. The molecule has 1 fully saturated rings. The Balaban J connectivity index is 1.65. The Hall–Kier alpha value is -1.88. The second kappa shape index (κ2) is 5.15. The second-order valence-corrected chi connectivity index (χ2v) is 6.45. The number of aromatic nitrogens is 2. The van der Waals surface area contributed by atoms with Crippen LogP contribution in [0.4, 0.5) is 5.95 Å². The lowest BCUT2D eigenvalue weighted by molar-refractivity contribution is 0.320. The zero-order valence-electron chi connectivity index (χ0n) is 11.9. The molecule has 0 saturated carbocycles. The monoisotopic (exact) mass is 296 g/mol. The van der Waals surface area contributed by atoms with Gasteiger partial charge < -0.3 is 4.90 Å². The third-order valence-corrected chi connectivity index (χ3v) is 5.12. The number of hydrogen-bond donors (Lipinski definition) is 0. The average molecular weight is 296 g/mol. The van der Waals surface area contributed by atoms with E-state index in [9.17, 15) is 0 Å². The summed E-state index contributed by atoms with van der Waals surface area (Å²) in [5, 5.41) is 1.06. The molecule has 21 heavy (non-hydrogen) atoms. The molecule has 0 spiro atoms. The van der Waals surface area contributed by atoms with Gasteiger partial charge in [0.15, 0.2) is 5.17 Å². The fourth-order valence-corrected chi connectivity index (χ4v) is 4.05. The highest BCUT2D eigenvalue weighted by atomic mass is 32.2. The molecule has 1 saturated heterocycles. The zero-order valence-corrected chi connectivity index (χ0v) is 12.7. The summed E-state index contributed by atoms with van der Waals surface area (Å²) < 4.78 is 0. The standard InChI is InChI=1S/C16H16N4S/c1-11-6-7-17-15(18-11)19-16-20-9-13-5-3-2-4-12(13)8-14(20)10-21-16/h2-7,14H,8-10H2,1H3/t14-/m0/s1. The van der Waals surface area contributed by atoms with Crippen LogP contribution < -0.4 is 0 Å². The van der Waals surface area contributed by atoms with Gasteiger partial charge in [-0.25, -0.2) is 9.97 Å². The Bertz CT molecular complexity index is 713. The Kier molecular flexibility index (Phi) is 3.15. The maximum Gasteiger partial charge on any atom is 0.251 e. The fraction of sp³-hybridized carbons (Fsp3) is 0.312. The van der Waals surface area contributed by atoms with E-state index in [-0.39, 0.29) is 0 Å². The van der Waals surface area contributed by atoms with Crippen molar-refractivity contribution in [2.75, 3.05) is 5.75 Å². The number of aliphatic imine (C=N–C) groups is 1. The van der Waals surface area contributed by atoms with Crippen molar-refractivity contribution in [3.05, 3.63) is 53.3 Å². The van der Waals surface area contributed by atoms with E-state index in [0.717, 1.165) is 29.6 Å². The van der Waals surface area contributed by atoms with Crippen LogP contribution in [0.2, 0.25) is 0 Å². The van der Waals surface area contributed by atoms with Crippen molar-refractivity contribution < 1.29 is 0 Å². The van der Waals surface area contributed by atoms with Gasteiger partial charge in [0.2, 0.25) is 0 Å². The van der Waals surface area contributed by atoms with E-state index in [2.05, 4.69) is 44.1 Å².